The molecular weight excluding hydrogens is 342 g/mol. The van der Waals surface area contributed by atoms with Crippen LogP contribution in [0.3, 0.4) is 0 Å². The molecule has 3 aromatic carbocycles. The number of aromatic nitrogens is 3. The van der Waals surface area contributed by atoms with Gasteiger partial charge in [0.1, 0.15) is 11.2 Å². The van der Waals surface area contributed by atoms with Crippen molar-refractivity contribution in [3.05, 3.63) is 90.6 Å². The summed E-state index contributed by atoms with van der Waals surface area (Å²) in [5.74, 6) is 0. The van der Waals surface area contributed by atoms with Crippen LogP contribution in [-0.2, 0) is 0 Å². The first-order valence-electron chi connectivity index (χ1n) is 9.45. The minimum Gasteiger partial charge on any atom is -0.298 e. The SMILES string of the molecule is Cc1ccn2c(c1)nc1c3ccccc3nc(-c3cccc4ccccc34)c12. The van der Waals surface area contributed by atoms with Gasteiger partial charge in [-0.3, -0.25) is 4.40 Å². The third-order valence-electron chi connectivity index (χ3n) is 5.44. The zero-order valence-corrected chi connectivity index (χ0v) is 15.4. The van der Waals surface area contributed by atoms with Crippen LogP contribution in [0.5, 0.6) is 0 Å². The van der Waals surface area contributed by atoms with Crippen molar-refractivity contribution in [2.75, 3.05) is 0 Å². The molecule has 0 fully saturated rings. The van der Waals surface area contributed by atoms with E-state index in [-0.39, 0.29) is 0 Å². The van der Waals surface area contributed by atoms with Gasteiger partial charge < -0.3 is 0 Å². The van der Waals surface area contributed by atoms with Gasteiger partial charge in [0.05, 0.1) is 16.7 Å². The summed E-state index contributed by atoms with van der Waals surface area (Å²) in [5.41, 5.74) is 7.29. The molecule has 0 radical (unpaired) electrons. The molecule has 0 unspecified atom stereocenters. The highest BCUT2D eigenvalue weighted by atomic mass is 15.0. The molecule has 6 aromatic rings. The third-order valence-corrected chi connectivity index (χ3v) is 5.44. The Labute approximate surface area is 161 Å². The van der Waals surface area contributed by atoms with Crippen LogP contribution in [0.15, 0.2) is 85.1 Å². The predicted molar refractivity (Wildman–Crippen MR) is 116 cm³/mol. The Morgan fingerprint density at radius 2 is 1.54 bits per heavy atom. The van der Waals surface area contributed by atoms with Crippen molar-refractivity contribution in [2.45, 2.75) is 6.92 Å². The van der Waals surface area contributed by atoms with Gasteiger partial charge in [0.2, 0.25) is 0 Å². The number of hydrogen-bond donors (Lipinski definition) is 0. The van der Waals surface area contributed by atoms with Gasteiger partial charge in [-0.25, -0.2) is 9.97 Å². The van der Waals surface area contributed by atoms with Crippen LogP contribution in [0.25, 0.3) is 49.6 Å². The smallest absolute Gasteiger partial charge is 0.138 e. The third kappa shape index (κ3) is 2.10. The molecule has 0 amide bonds. The van der Waals surface area contributed by atoms with E-state index >= 15 is 0 Å². The summed E-state index contributed by atoms with van der Waals surface area (Å²) in [5, 5.41) is 3.51. The van der Waals surface area contributed by atoms with E-state index in [1.165, 1.54) is 16.3 Å². The maximum atomic E-state index is 5.11. The average Bonchev–Trinajstić information content (AvgIpc) is 3.11. The summed E-state index contributed by atoms with van der Waals surface area (Å²) in [4.78, 5) is 10.1. The fraction of sp³-hybridized carbons (Fsp3) is 0.0400. The first kappa shape index (κ1) is 15.3. The number of fused-ring (bicyclic) bond motifs is 6. The zero-order chi connectivity index (χ0) is 18.7. The summed E-state index contributed by atoms with van der Waals surface area (Å²) in [7, 11) is 0. The van der Waals surface area contributed by atoms with E-state index in [0.29, 0.717) is 0 Å². The molecule has 28 heavy (non-hydrogen) atoms. The van der Waals surface area contributed by atoms with Crippen molar-refractivity contribution in [2.24, 2.45) is 0 Å². The molecular formula is C25H17N3. The number of rotatable bonds is 1. The fourth-order valence-corrected chi connectivity index (χ4v) is 4.13. The molecule has 3 nitrogen and oxygen atoms in total. The highest BCUT2D eigenvalue weighted by molar-refractivity contribution is 6.11. The molecule has 0 spiro atoms. The average molecular weight is 359 g/mol. The largest absolute Gasteiger partial charge is 0.298 e. The highest BCUT2D eigenvalue weighted by Gasteiger charge is 2.17. The molecule has 0 aliphatic rings. The second-order valence-corrected chi connectivity index (χ2v) is 7.25. The number of benzene rings is 3. The molecule has 0 aliphatic heterocycles. The predicted octanol–water partition coefficient (Wildman–Crippen LogP) is 6.16. The number of aryl methyl sites for hydroxylation is 1. The zero-order valence-electron chi connectivity index (χ0n) is 15.4. The summed E-state index contributed by atoms with van der Waals surface area (Å²) in [6.45, 7) is 2.10. The molecule has 3 heterocycles. The van der Waals surface area contributed by atoms with Crippen molar-refractivity contribution < 1.29 is 0 Å². The molecule has 0 atom stereocenters. The Balaban J connectivity index is 1.87. The van der Waals surface area contributed by atoms with Crippen molar-refractivity contribution in [1.82, 2.24) is 14.4 Å². The highest BCUT2D eigenvalue weighted by Crippen LogP contribution is 2.36. The minimum absolute atomic E-state index is 0.953. The summed E-state index contributed by atoms with van der Waals surface area (Å²) >= 11 is 0. The Morgan fingerprint density at radius 3 is 2.46 bits per heavy atom. The van der Waals surface area contributed by atoms with E-state index in [1.54, 1.807) is 0 Å². The van der Waals surface area contributed by atoms with Crippen LogP contribution < -0.4 is 0 Å². The lowest BCUT2D eigenvalue weighted by molar-refractivity contribution is 1.20. The fourth-order valence-electron chi connectivity index (χ4n) is 4.13. The standard InChI is InChI=1S/C25H17N3/c1-16-13-14-28-22(15-16)27-24-20-10-4-5-12-21(20)26-23(25(24)28)19-11-6-8-17-7-2-3-9-18(17)19/h2-15H,1H3. The monoisotopic (exact) mass is 359 g/mol. The van der Waals surface area contributed by atoms with E-state index < -0.39 is 0 Å². The lowest BCUT2D eigenvalue weighted by Crippen LogP contribution is -1.93. The first-order valence-corrected chi connectivity index (χ1v) is 9.45. The molecule has 0 aliphatic carbocycles. The number of hydrogen-bond acceptors (Lipinski definition) is 2. The molecule has 0 saturated heterocycles. The molecule has 132 valence electrons. The van der Waals surface area contributed by atoms with Gasteiger partial charge in [-0.15, -0.1) is 0 Å². The van der Waals surface area contributed by atoms with Crippen LogP contribution in [0.1, 0.15) is 5.56 Å². The van der Waals surface area contributed by atoms with E-state index in [0.717, 1.165) is 38.8 Å². The van der Waals surface area contributed by atoms with Gasteiger partial charge >= 0.3 is 0 Å². The van der Waals surface area contributed by atoms with Crippen LogP contribution in [0.2, 0.25) is 0 Å². The van der Waals surface area contributed by atoms with Crippen molar-refractivity contribution in [3.63, 3.8) is 0 Å². The van der Waals surface area contributed by atoms with Crippen molar-refractivity contribution in [1.29, 1.82) is 0 Å². The molecule has 3 heteroatoms. The second-order valence-electron chi connectivity index (χ2n) is 7.25. The normalized spacial score (nSPS) is 11.8. The summed E-state index contributed by atoms with van der Waals surface area (Å²) < 4.78 is 2.17. The maximum absolute atomic E-state index is 5.11. The Morgan fingerprint density at radius 1 is 0.750 bits per heavy atom. The maximum Gasteiger partial charge on any atom is 0.138 e. The van der Waals surface area contributed by atoms with Crippen LogP contribution in [0, 0.1) is 6.92 Å². The lowest BCUT2D eigenvalue weighted by atomic mass is 10.00. The number of nitrogens with zero attached hydrogens (tertiary/aromatic N) is 3. The van der Waals surface area contributed by atoms with E-state index in [2.05, 4.69) is 90.3 Å². The van der Waals surface area contributed by atoms with E-state index in [1.807, 2.05) is 6.07 Å². The van der Waals surface area contributed by atoms with Gasteiger partial charge in [-0.2, -0.15) is 0 Å². The molecule has 3 aromatic heterocycles. The quantitative estimate of drug-likeness (QED) is 0.352. The molecule has 0 bridgehead atoms. The Hall–Kier alpha value is -3.72. The molecule has 0 saturated carbocycles. The van der Waals surface area contributed by atoms with Gasteiger partial charge in [-0.1, -0.05) is 60.7 Å². The summed E-state index contributed by atoms with van der Waals surface area (Å²) in [6, 6.07) is 27.4. The lowest BCUT2D eigenvalue weighted by Gasteiger charge is -2.10. The van der Waals surface area contributed by atoms with E-state index in [4.69, 9.17) is 9.97 Å². The van der Waals surface area contributed by atoms with Crippen molar-refractivity contribution >= 4 is 38.4 Å². The summed E-state index contributed by atoms with van der Waals surface area (Å²) in [6.07, 6.45) is 2.10. The number of para-hydroxylation sites is 1. The second kappa shape index (κ2) is 5.64. The van der Waals surface area contributed by atoms with Crippen LogP contribution in [0.4, 0.5) is 0 Å². The van der Waals surface area contributed by atoms with Crippen LogP contribution >= 0.6 is 0 Å². The Bertz CT molecular complexity index is 1520. The minimum atomic E-state index is 0.953. The van der Waals surface area contributed by atoms with Gasteiger partial charge in [0.25, 0.3) is 0 Å². The molecule has 0 N–H and O–H groups in total. The number of pyridine rings is 2. The van der Waals surface area contributed by atoms with Gasteiger partial charge in [-0.05, 0) is 41.5 Å². The molecule has 6 rings (SSSR count). The van der Waals surface area contributed by atoms with Gasteiger partial charge in [0, 0.05) is 17.1 Å². The van der Waals surface area contributed by atoms with E-state index in [9.17, 15) is 0 Å². The van der Waals surface area contributed by atoms with Crippen molar-refractivity contribution in [3.8, 4) is 11.3 Å². The first-order chi connectivity index (χ1) is 13.8. The topological polar surface area (TPSA) is 30.2 Å². The Kier molecular flexibility index (Phi) is 3.09. The number of imidazole rings is 1. The van der Waals surface area contributed by atoms with Crippen LogP contribution in [-0.4, -0.2) is 14.4 Å². The van der Waals surface area contributed by atoms with Gasteiger partial charge in [0.15, 0.2) is 0 Å².